The summed E-state index contributed by atoms with van der Waals surface area (Å²) in [5.74, 6) is 0.667. The largest absolute Gasteiger partial charge is 0.409 e. The molecule has 4 nitrogen and oxygen atoms in total. The highest BCUT2D eigenvalue weighted by Crippen LogP contribution is 2.35. The molecule has 0 saturated heterocycles. The van der Waals surface area contributed by atoms with Crippen LogP contribution in [0, 0.1) is 5.92 Å². The Hall–Kier alpha value is -1.42. The maximum absolute atomic E-state index is 8.91. The number of oxime groups is 1. The summed E-state index contributed by atoms with van der Waals surface area (Å²) in [7, 11) is 0. The van der Waals surface area contributed by atoms with Gasteiger partial charge in [0.15, 0.2) is 5.84 Å². The highest BCUT2D eigenvalue weighted by molar-refractivity contribution is 6.31. The van der Waals surface area contributed by atoms with Crippen molar-refractivity contribution in [3.05, 3.63) is 28.8 Å². The van der Waals surface area contributed by atoms with Gasteiger partial charge in [0.05, 0.1) is 0 Å². The summed E-state index contributed by atoms with van der Waals surface area (Å²) >= 11 is 6.10. The normalized spacial score (nSPS) is 15.9. The Morgan fingerprint density at radius 2 is 2.21 bits per heavy atom. The first-order chi connectivity index (χ1) is 9.02. The molecule has 0 radical (unpaired) electrons. The first-order valence-electron chi connectivity index (χ1n) is 6.57. The minimum atomic E-state index is 0.126. The fraction of sp³-hybridized carbons (Fsp3) is 0.500. The van der Waals surface area contributed by atoms with Crippen LogP contribution in [0.15, 0.2) is 23.4 Å². The highest BCUT2D eigenvalue weighted by Gasteiger charge is 2.31. The van der Waals surface area contributed by atoms with Gasteiger partial charge < -0.3 is 15.8 Å². The van der Waals surface area contributed by atoms with Crippen LogP contribution in [0.3, 0.4) is 0 Å². The zero-order valence-corrected chi connectivity index (χ0v) is 12.1. The lowest BCUT2D eigenvalue weighted by atomic mass is 10.1. The molecule has 0 atom stereocenters. The topological polar surface area (TPSA) is 61.8 Å². The molecule has 2 rings (SSSR count). The number of nitrogens with zero attached hydrogens (tertiary/aromatic N) is 2. The number of anilines is 1. The second kappa shape index (κ2) is 5.70. The van der Waals surface area contributed by atoms with Crippen molar-refractivity contribution in [3.63, 3.8) is 0 Å². The number of rotatable bonds is 5. The van der Waals surface area contributed by atoms with Gasteiger partial charge in [0.2, 0.25) is 0 Å². The second-order valence-corrected chi connectivity index (χ2v) is 5.86. The third-order valence-electron chi connectivity index (χ3n) is 3.20. The van der Waals surface area contributed by atoms with Gasteiger partial charge in [0, 0.05) is 28.9 Å². The summed E-state index contributed by atoms with van der Waals surface area (Å²) in [5, 5.41) is 12.7. The third-order valence-corrected chi connectivity index (χ3v) is 3.44. The molecule has 3 N–H and O–H groups in total. The van der Waals surface area contributed by atoms with E-state index >= 15 is 0 Å². The van der Waals surface area contributed by atoms with Gasteiger partial charge >= 0.3 is 0 Å². The van der Waals surface area contributed by atoms with Gasteiger partial charge in [-0.3, -0.25) is 0 Å². The number of hydrogen-bond donors (Lipinski definition) is 2. The predicted octanol–water partition coefficient (Wildman–Crippen LogP) is 3.06. The van der Waals surface area contributed by atoms with Crippen molar-refractivity contribution < 1.29 is 5.21 Å². The van der Waals surface area contributed by atoms with Crippen LogP contribution in [0.4, 0.5) is 5.69 Å². The zero-order chi connectivity index (χ0) is 14.0. The van der Waals surface area contributed by atoms with Crippen molar-refractivity contribution in [2.75, 3.05) is 11.4 Å². The minimum absolute atomic E-state index is 0.126. The fourth-order valence-electron chi connectivity index (χ4n) is 2.24. The lowest BCUT2D eigenvalue weighted by Crippen LogP contribution is -2.32. The van der Waals surface area contributed by atoms with Crippen LogP contribution in [0.1, 0.15) is 32.3 Å². The van der Waals surface area contributed by atoms with Gasteiger partial charge in [-0.25, -0.2) is 0 Å². The number of halogens is 1. The van der Waals surface area contributed by atoms with E-state index in [-0.39, 0.29) is 5.84 Å². The molecule has 1 aliphatic rings. The molecular formula is C14H20ClN3O. The SMILES string of the molecule is CC(C)CN(c1cc(Cl)ccc1C(N)=NO)C1CC1. The molecule has 1 aromatic carbocycles. The van der Waals surface area contributed by atoms with Gasteiger partial charge in [-0.15, -0.1) is 0 Å². The molecule has 0 unspecified atom stereocenters. The van der Waals surface area contributed by atoms with Crippen molar-refractivity contribution in [1.29, 1.82) is 0 Å². The minimum Gasteiger partial charge on any atom is -0.409 e. The smallest absolute Gasteiger partial charge is 0.172 e. The van der Waals surface area contributed by atoms with E-state index in [1.165, 1.54) is 12.8 Å². The summed E-state index contributed by atoms with van der Waals surface area (Å²) in [6, 6.07) is 6.02. The monoisotopic (exact) mass is 281 g/mol. The van der Waals surface area contributed by atoms with Crippen LogP contribution in [0.5, 0.6) is 0 Å². The Kier molecular flexibility index (Phi) is 4.20. The van der Waals surface area contributed by atoms with Crippen molar-refractivity contribution in [1.82, 2.24) is 0 Å². The van der Waals surface area contributed by atoms with Crippen molar-refractivity contribution in [2.24, 2.45) is 16.8 Å². The van der Waals surface area contributed by atoms with Gasteiger partial charge in [-0.1, -0.05) is 30.6 Å². The average Bonchev–Trinajstić information content (AvgIpc) is 3.19. The van der Waals surface area contributed by atoms with Crippen molar-refractivity contribution in [2.45, 2.75) is 32.7 Å². The lowest BCUT2D eigenvalue weighted by Gasteiger charge is -2.28. The molecule has 1 fully saturated rings. The number of amidine groups is 1. The van der Waals surface area contributed by atoms with Gasteiger partial charge in [0.1, 0.15) is 0 Å². The summed E-state index contributed by atoms with van der Waals surface area (Å²) in [5.41, 5.74) is 7.46. The molecular weight excluding hydrogens is 262 g/mol. The molecule has 5 heteroatoms. The Labute approximate surface area is 118 Å². The number of hydrogen-bond acceptors (Lipinski definition) is 3. The van der Waals surface area contributed by atoms with E-state index in [0.29, 0.717) is 17.0 Å². The van der Waals surface area contributed by atoms with E-state index in [0.717, 1.165) is 17.8 Å². The molecule has 0 aromatic heterocycles. The van der Waals surface area contributed by atoms with Crippen LogP contribution in [-0.2, 0) is 0 Å². The summed E-state index contributed by atoms with van der Waals surface area (Å²) in [6.45, 7) is 5.31. The predicted molar refractivity (Wildman–Crippen MR) is 79.2 cm³/mol. The molecule has 0 aliphatic heterocycles. The third kappa shape index (κ3) is 3.32. The zero-order valence-electron chi connectivity index (χ0n) is 11.3. The van der Waals surface area contributed by atoms with Gasteiger partial charge in [-0.2, -0.15) is 0 Å². The number of nitrogens with two attached hydrogens (primary N) is 1. The van der Waals surface area contributed by atoms with Crippen molar-refractivity contribution in [3.8, 4) is 0 Å². The molecule has 1 aromatic rings. The summed E-state index contributed by atoms with van der Waals surface area (Å²) in [6.07, 6.45) is 2.38. The Morgan fingerprint density at radius 3 is 2.74 bits per heavy atom. The molecule has 0 spiro atoms. The average molecular weight is 282 g/mol. The molecule has 1 saturated carbocycles. The van der Waals surface area contributed by atoms with E-state index in [1.807, 2.05) is 12.1 Å². The van der Waals surface area contributed by atoms with Crippen molar-refractivity contribution >= 4 is 23.1 Å². The first kappa shape index (κ1) is 14.0. The maximum atomic E-state index is 8.91. The van der Waals surface area contributed by atoms with E-state index in [4.69, 9.17) is 22.5 Å². The van der Waals surface area contributed by atoms with E-state index in [9.17, 15) is 0 Å². The van der Waals surface area contributed by atoms with Crippen LogP contribution in [-0.4, -0.2) is 23.6 Å². The lowest BCUT2D eigenvalue weighted by molar-refractivity contribution is 0.318. The van der Waals surface area contributed by atoms with Crippen LogP contribution < -0.4 is 10.6 Å². The Balaban J connectivity index is 2.42. The van der Waals surface area contributed by atoms with E-state index < -0.39 is 0 Å². The Morgan fingerprint density at radius 1 is 1.53 bits per heavy atom. The molecule has 104 valence electrons. The van der Waals surface area contributed by atoms with Gasteiger partial charge in [0.25, 0.3) is 0 Å². The molecule has 0 amide bonds. The molecule has 19 heavy (non-hydrogen) atoms. The van der Waals surface area contributed by atoms with Crippen LogP contribution in [0.2, 0.25) is 5.02 Å². The van der Waals surface area contributed by atoms with Crippen LogP contribution in [0.25, 0.3) is 0 Å². The molecule has 1 aliphatic carbocycles. The van der Waals surface area contributed by atoms with E-state index in [2.05, 4.69) is 23.9 Å². The van der Waals surface area contributed by atoms with Gasteiger partial charge in [-0.05, 0) is 37.0 Å². The fourth-order valence-corrected chi connectivity index (χ4v) is 2.40. The molecule has 0 heterocycles. The quantitative estimate of drug-likeness (QED) is 0.377. The highest BCUT2D eigenvalue weighted by atomic mass is 35.5. The summed E-state index contributed by atoms with van der Waals surface area (Å²) < 4.78 is 0. The van der Waals surface area contributed by atoms with Crippen LogP contribution >= 0.6 is 11.6 Å². The molecule has 0 bridgehead atoms. The first-order valence-corrected chi connectivity index (χ1v) is 6.94. The standard InChI is InChI=1S/C14H20ClN3O/c1-9(2)8-18(11-4-5-11)13-7-10(15)3-6-12(13)14(16)17-19/h3,6-7,9,11,19H,4-5,8H2,1-2H3,(H2,16,17). The Bertz CT molecular complexity index is 484. The summed E-state index contributed by atoms with van der Waals surface area (Å²) in [4.78, 5) is 2.32. The second-order valence-electron chi connectivity index (χ2n) is 5.42. The number of benzene rings is 1. The van der Waals surface area contributed by atoms with E-state index in [1.54, 1.807) is 6.07 Å². The maximum Gasteiger partial charge on any atom is 0.172 e.